The Kier molecular flexibility index (Phi) is 8.07. The van der Waals surface area contributed by atoms with Crippen LogP contribution in [-0.4, -0.2) is 54.7 Å². The molecular formula is C14H23Cl2N3O2S. The number of carbonyl (C=O) groups excluding carboxylic acids is 1. The Hall–Kier alpha value is -0.400. The van der Waals surface area contributed by atoms with Crippen LogP contribution in [0.2, 0.25) is 0 Å². The zero-order valence-electron chi connectivity index (χ0n) is 12.6. The lowest BCUT2D eigenvalue weighted by molar-refractivity contribution is -0.146. The maximum Gasteiger partial charge on any atom is 0.253 e. The molecule has 3 rings (SSSR count). The summed E-state index contributed by atoms with van der Waals surface area (Å²) in [5.41, 5.74) is 1.08. The van der Waals surface area contributed by atoms with Crippen LogP contribution >= 0.6 is 36.2 Å². The number of aryl methyl sites for hydroxylation is 1. The number of morpholine rings is 1. The topological polar surface area (TPSA) is 54.5 Å². The molecular weight excluding hydrogens is 345 g/mol. The second-order valence-electron chi connectivity index (χ2n) is 5.51. The smallest absolute Gasteiger partial charge is 0.253 e. The zero-order chi connectivity index (χ0) is 13.9. The number of amides is 1. The van der Waals surface area contributed by atoms with E-state index >= 15 is 0 Å². The van der Waals surface area contributed by atoms with Crippen molar-refractivity contribution in [2.24, 2.45) is 0 Å². The van der Waals surface area contributed by atoms with Crippen LogP contribution < -0.4 is 5.32 Å². The summed E-state index contributed by atoms with van der Waals surface area (Å²) < 4.78 is 5.57. The molecule has 5 nitrogen and oxygen atoms in total. The summed E-state index contributed by atoms with van der Waals surface area (Å²) in [6.07, 6.45) is 1.87. The Balaban J connectivity index is 0.00000121. The van der Waals surface area contributed by atoms with Crippen LogP contribution in [0.3, 0.4) is 0 Å². The molecule has 0 saturated carbocycles. The van der Waals surface area contributed by atoms with Crippen molar-refractivity contribution in [3.8, 4) is 0 Å². The van der Waals surface area contributed by atoms with E-state index in [0.29, 0.717) is 19.1 Å². The van der Waals surface area contributed by atoms with Crippen LogP contribution in [0.1, 0.15) is 29.5 Å². The largest absolute Gasteiger partial charge is 0.366 e. The first-order valence-electron chi connectivity index (χ1n) is 7.27. The molecule has 2 fully saturated rings. The van der Waals surface area contributed by atoms with Gasteiger partial charge in [0.1, 0.15) is 6.10 Å². The van der Waals surface area contributed by atoms with Gasteiger partial charge < -0.3 is 15.0 Å². The number of rotatable bonds is 2. The third-order valence-electron chi connectivity index (χ3n) is 3.92. The van der Waals surface area contributed by atoms with E-state index in [9.17, 15) is 4.79 Å². The second-order valence-corrected chi connectivity index (χ2v) is 6.40. The fourth-order valence-corrected chi connectivity index (χ4v) is 3.79. The molecule has 22 heavy (non-hydrogen) atoms. The van der Waals surface area contributed by atoms with E-state index in [1.807, 2.05) is 11.8 Å². The SMILES string of the molecule is Cc1csc(C2CCCN(C(=O)C3CNCCO3)C2)n1.Cl.Cl. The molecule has 3 heterocycles. The highest BCUT2D eigenvalue weighted by Gasteiger charge is 2.31. The van der Waals surface area contributed by atoms with E-state index in [-0.39, 0.29) is 36.8 Å². The molecule has 2 saturated heterocycles. The number of nitrogens with one attached hydrogen (secondary N) is 1. The van der Waals surface area contributed by atoms with Crippen LogP contribution in [0, 0.1) is 6.92 Å². The molecule has 0 spiro atoms. The van der Waals surface area contributed by atoms with Gasteiger partial charge in [0, 0.05) is 43.2 Å². The summed E-state index contributed by atoms with van der Waals surface area (Å²) >= 11 is 1.71. The molecule has 1 aromatic rings. The van der Waals surface area contributed by atoms with Gasteiger partial charge in [0.05, 0.1) is 11.6 Å². The minimum absolute atomic E-state index is 0. The zero-order valence-corrected chi connectivity index (χ0v) is 15.1. The molecule has 2 unspecified atom stereocenters. The number of thiazole rings is 1. The monoisotopic (exact) mass is 367 g/mol. The first-order chi connectivity index (χ1) is 9.74. The van der Waals surface area contributed by atoms with Crippen LogP contribution in [-0.2, 0) is 9.53 Å². The first kappa shape index (κ1) is 19.6. The number of carbonyl (C=O) groups is 1. The lowest BCUT2D eigenvalue weighted by Crippen LogP contribution is -2.51. The Bertz CT molecular complexity index is 480. The van der Waals surface area contributed by atoms with Crippen molar-refractivity contribution < 1.29 is 9.53 Å². The number of aromatic nitrogens is 1. The third kappa shape index (κ3) is 4.55. The number of piperidine rings is 1. The van der Waals surface area contributed by atoms with Gasteiger partial charge in [0.15, 0.2) is 0 Å². The van der Waals surface area contributed by atoms with Crippen LogP contribution in [0.25, 0.3) is 0 Å². The van der Waals surface area contributed by atoms with Crippen molar-refractivity contribution in [2.75, 3.05) is 32.8 Å². The molecule has 2 aliphatic heterocycles. The molecule has 0 radical (unpaired) electrons. The molecule has 126 valence electrons. The van der Waals surface area contributed by atoms with Crippen LogP contribution in [0.5, 0.6) is 0 Å². The van der Waals surface area contributed by atoms with E-state index < -0.39 is 0 Å². The Morgan fingerprint density at radius 3 is 2.95 bits per heavy atom. The second kappa shape index (κ2) is 9.03. The van der Waals surface area contributed by atoms with E-state index in [1.54, 1.807) is 11.3 Å². The summed E-state index contributed by atoms with van der Waals surface area (Å²) in [7, 11) is 0. The summed E-state index contributed by atoms with van der Waals surface area (Å²) in [5.74, 6) is 0.526. The molecule has 2 aliphatic rings. The molecule has 0 aliphatic carbocycles. The fraction of sp³-hybridized carbons (Fsp3) is 0.714. The predicted octanol–water partition coefficient (Wildman–Crippen LogP) is 1.99. The summed E-state index contributed by atoms with van der Waals surface area (Å²) in [6.45, 7) is 5.75. The highest BCUT2D eigenvalue weighted by molar-refractivity contribution is 7.09. The van der Waals surface area contributed by atoms with E-state index in [0.717, 1.165) is 38.2 Å². The Morgan fingerprint density at radius 2 is 2.32 bits per heavy atom. The lowest BCUT2D eigenvalue weighted by atomic mass is 9.98. The molecule has 0 bridgehead atoms. The van der Waals surface area contributed by atoms with Crippen molar-refractivity contribution in [3.63, 3.8) is 0 Å². The van der Waals surface area contributed by atoms with Crippen LogP contribution in [0.15, 0.2) is 5.38 Å². The van der Waals surface area contributed by atoms with Gasteiger partial charge in [0.25, 0.3) is 5.91 Å². The van der Waals surface area contributed by atoms with Gasteiger partial charge in [0.2, 0.25) is 0 Å². The van der Waals surface area contributed by atoms with Crippen molar-refractivity contribution in [1.82, 2.24) is 15.2 Å². The van der Waals surface area contributed by atoms with E-state index in [2.05, 4.69) is 15.7 Å². The third-order valence-corrected chi connectivity index (χ3v) is 5.05. The van der Waals surface area contributed by atoms with Gasteiger partial charge in [-0.3, -0.25) is 4.79 Å². The molecule has 1 amide bonds. The molecule has 2 atom stereocenters. The fourth-order valence-electron chi connectivity index (χ4n) is 2.87. The minimum atomic E-state index is -0.305. The number of ether oxygens (including phenoxy) is 1. The van der Waals surface area contributed by atoms with Gasteiger partial charge in [-0.2, -0.15) is 0 Å². The van der Waals surface area contributed by atoms with Crippen molar-refractivity contribution >= 4 is 42.1 Å². The maximum absolute atomic E-state index is 12.5. The number of hydrogen-bond acceptors (Lipinski definition) is 5. The lowest BCUT2D eigenvalue weighted by Gasteiger charge is -2.35. The highest BCUT2D eigenvalue weighted by atomic mass is 35.5. The number of hydrogen-bond donors (Lipinski definition) is 1. The number of likely N-dealkylation sites (tertiary alicyclic amines) is 1. The average Bonchev–Trinajstić information content (AvgIpc) is 2.94. The maximum atomic E-state index is 12.5. The Morgan fingerprint density at radius 1 is 1.50 bits per heavy atom. The summed E-state index contributed by atoms with van der Waals surface area (Å²) in [5, 5.41) is 6.47. The number of nitrogens with zero attached hydrogens (tertiary/aromatic N) is 2. The highest BCUT2D eigenvalue weighted by Crippen LogP contribution is 2.29. The van der Waals surface area contributed by atoms with Crippen LogP contribution in [0.4, 0.5) is 0 Å². The summed E-state index contributed by atoms with van der Waals surface area (Å²) in [6, 6.07) is 0. The molecule has 0 aromatic carbocycles. The van der Waals surface area contributed by atoms with Crippen molar-refractivity contribution in [2.45, 2.75) is 31.8 Å². The number of halogens is 2. The first-order valence-corrected chi connectivity index (χ1v) is 8.15. The van der Waals surface area contributed by atoms with Gasteiger partial charge in [-0.1, -0.05) is 0 Å². The van der Waals surface area contributed by atoms with Gasteiger partial charge in [-0.25, -0.2) is 4.98 Å². The standard InChI is InChI=1S/C14H21N3O2S.2ClH/c1-10-9-20-13(16-10)11-3-2-5-17(8-11)14(18)12-7-15-4-6-19-12;;/h9,11-12,15H,2-8H2,1H3;2*1H. The quantitative estimate of drug-likeness (QED) is 0.868. The predicted molar refractivity (Wildman–Crippen MR) is 92.5 cm³/mol. The Labute approximate surface area is 147 Å². The van der Waals surface area contributed by atoms with Gasteiger partial charge in [-0.15, -0.1) is 36.2 Å². The molecule has 1 aromatic heterocycles. The van der Waals surface area contributed by atoms with E-state index in [1.165, 1.54) is 5.01 Å². The summed E-state index contributed by atoms with van der Waals surface area (Å²) in [4.78, 5) is 19.0. The van der Waals surface area contributed by atoms with Gasteiger partial charge in [-0.05, 0) is 19.8 Å². The van der Waals surface area contributed by atoms with Crippen molar-refractivity contribution in [3.05, 3.63) is 16.1 Å². The molecule has 1 N–H and O–H groups in total. The van der Waals surface area contributed by atoms with Gasteiger partial charge >= 0.3 is 0 Å². The normalized spacial score (nSPS) is 25.0. The van der Waals surface area contributed by atoms with E-state index in [4.69, 9.17) is 4.74 Å². The molecule has 8 heteroatoms. The minimum Gasteiger partial charge on any atom is -0.366 e. The average molecular weight is 368 g/mol. The van der Waals surface area contributed by atoms with Crippen molar-refractivity contribution in [1.29, 1.82) is 0 Å².